The highest BCUT2D eigenvalue weighted by molar-refractivity contribution is 7.89. The second kappa shape index (κ2) is 6.41. The van der Waals surface area contributed by atoms with E-state index in [2.05, 4.69) is 25.1 Å². The minimum absolute atomic E-state index is 0.0581. The molecule has 0 unspecified atom stereocenters. The van der Waals surface area contributed by atoms with Crippen LogP contribution in [-0.2, 0) is 21.3 Å². The lowest BCUT2D eigenvalue weighted by atomic mass is 10.4. The van der Waals surface area contributed by atoms with Gasteiger partial charge in [-0.25, -0.2) is 17.9 Å². The molecule has 10 heteroatoms. The molecule has 0 fully saturated rings. The van der Waals surface area contributed by atoms with Crippen LogP contribution in [0.3, 0.4) is 0 Å². The van der Waals surface area contributed by atoms with Crippen molar-refractivity contribution in [1.29, 1.82) is 0 Å². The highest BCUT2D eigenvalue weighted by Gasteiger charge is 2.25. The predicted octanol–water partition coefficient (Wildman–Crippen LogP) is -0.145. The number of sulfonamides is 1. The summed E-state index contributed by atoms with van der Waals surface area (Å²) in [6, 6.07) is 3.26. The summed E-state index contributed by atoms with van der Waals surface area (Å²) in [6.07, 6.45) is 2.58. The SMILES string of the molecule is CCOC(=O)c1cn[nH]c1S(=O)(=O)NCc1cccnn1. The van der Waals surface area contributed by atoms with Gasteiger partial charge in [0.1, 0.15) is 5.56 Å². The summed E-state index contributed by atoms with van der Waals surface area (Å²) in [6.45, 7) is 1.70. The van der Waals surface area contributed by atoms with Crippen molar-refractivity contribution in [3.05, 3.63) is 35.8 Å². The van der Waals surface area contributed by atoms with E-state index in [0.29, 0.717) is 5.69 Å². The van der Waals surface area contributed by atoms with Crippen LogP contribution >= 0.6 is 0 Å². The van der Waals surface area contributed by atoms with Crippen molar-refractivity contribution in [3.8, 4) is 0 Å². The van der Waals surface area contributed by atoms with E-state index >= 15 is 0 Å². The molecule has 9 nitrogen and oxygen atoms in total. The van der Waals surface area contributed by atoms with Gasteiger partial charge >= 0.3 is 5.97 Å². The van der Waals surface area contributed by atoms with Crippen molar-refractivity contribution in [1.82, 2.24) is 25.1 Å². The van der Waals surface area contributed by atoms with Crippen LogP contribution < -0.4 is 4.72 Å². The molecule has 0 saturated carbocycles. The predicted molar refractivity (Wildman–Crippen MR) is 70.6 cm³/mol. The number of nitrogens with zero attached hydrogens (tertiary/aromatic N) is 3. The first-order chi connectivity index (χ1) is 10.0. The van der Waals surface area contributed by atoms with Crippen molar-refractivity contribution in [2.24, 2.45) is 0 Å². The molecule has 0 saturated heterocycles. The zero-order chi connectivity index (χ0) is 15.3. The van der Waals surface area contributed by atoms with Gasteiger partial charge < -0.3 is 4.74 Å². The van der Waals surface area contributed by atoms with E-state index < -0.39 is 16.0 Å². The molecule has 2 aromatic heterocycles. The highest BCUT2D eigenvalue weighted by atomic mass is 32.2. The fourth-order valence-corrected chi connectivity index (χ4v) is 2.58. The number of carbonyl (C=O) groups excluding carboxylic acids is 1. The monoisotopic (exact) mass is 311 g/mol. The highest BCUT2D eigenvalue weighted by Crippen LogP contribution is 2.13. The molecule has 0 aliphatic carbocycles. The molecule has 112 valence electrons. The Bertz CT molecular complexity index is 713. The zero-order valence-electron chi connectivity index (χ0n) is 11.1. The molecule has 21 heavy (non-hydrogen) atoms. The number of rotatable bonds is 6. The van der Waals surface area contributed by atoms with Gasteiger partial charge in [-0.1, -0.05) is 0 Å². The molecule has 2 rings (SSSR count). The lowest BCUT2D eigenvalue weighted by Gasteiger charge is -2.06. The number of ether oxygens (including phenoxy) is 1. The first-order valence-electron chi connectivity index (χ1n) is 6.01. The number of carbonyl (C=O) groups is 1. The fraction of sp³-hybridized carbons (Fsp3) is 0.273. The Morgan fingerprint density at radius 2 is 2.29 bits per heavy atom. The third-order valence-corrected chi connectivity index (χ3v) is 3.81. The molecule has 0 aliphatic rings. The van der Waals surface area contributed by atoms with Gasteiger partial charge in [-0.05, 0) is 19.1 Å². The molecule has 0 radical (unpaired) electrons. The Hall–Kier alpha value is -2.33. The van der Waals surface area contributed by atoms with Gasteiger partial charge in [0.25, 0.3) is 10.0 Å². The van der Waals surface area contributed by atoms with E-state index in [1.54, 1.807) is 19.1 Å². The topological polar surface area (TPSA) is 127 Å². The van der Waals surface area contributed by atoms with Crippen molar-refractivity contribution in [2.45, 2.75) is 18.5 Å². The number of aromatic nitrogens is 4. The minimum Gasteiger partial charge on any atom is -0.462 e. The Balaban J connectivity index is 2.17. The lowest BCUT2D eigenvalue weighted by molar-refractivity contribution is 0.0522. The minimum atomic E-state index is -3.95. The van der Waals surface area contributed by atoms with Crippen LogP contribution in [0.1, 0.15) is 23.0 Å². The maximum Gasteiger partial charge on any atom is 0.342 e. The molecular weight excluding hydrogens is 298 g/mol. The quantitative estimate of drug-likeness (QED) is 0.710. The standard InChI is InChI=1S/C11H13N5O4S/c1-2-20-11(17)9-7-13-16-10(9)21(18,19)14-6-8-4-3-5-12-15-8/h3-5,7,14H,2,6H2,1H3,(H,13,16). The number of H-pyrrole nitrogens is 1. The van der Waals surface area contributed by atoms with Gasteiger partial charge in [-0.15, -0.1) is 0 Å². The van der Waals surface area contributed by atoms with E-state index in [0.717, 1.165) is 6.20 Å². The molecule has 0 aromatic carbocycles. The molecule has 2 N–H and O–H groups in total. The second-order valence-electron chi connectivity index (χ2n) is 3.87. The van der Waals surface area contributed by atoms with Crippen molar-refractivity contribution in [3.63, 3.8) is 0 Å². The van der Waals surface area contributed by atoms with Crippen LogP contribution in [-0.4, -0.2) is 41.4 Å². The van der Waals surface area contributed by atoms with Gasteiger partial charge in [-0.3, -0.25) is 5.10 Å². The fourth-order valence-electron chi connectivity index (χ4n) is 1.50. The summed E-state index contributed by atoms with van der Waals surface area (Å²) in [5.74, 6) is -0.758. The zero-order valence-corrected chi connectivity index (χ0v) is 11.9. The summed E-state index contributed by atoms with van der Waals surface area (Å²) in [7, 11) is -3.95. The summed E-state index contributed by atoms with van der Waals surface area (Å²) >= 11 is 0. The van der Waals surface area contributed by atoms with E-state index in [9.17, 15) is 13.2 Å². The Kier molecular flexibility index (Phi) is 4.60. The molecule has 0 spiro atoms. The second-order valence-corrected chi connectivity index (χ2v) is 5.58. The van der Waals surface area contributed by atoms with E-state index in [1.807, 2.05) is 0 Å². The van der Waals surface area contributed by atoms with E-state index in [1.165, 1.54) is 6.20 Å². The van der Waals surface area contributed by atoms with Crippen molar-refractivity contribution < 1.29 is 17.9 Å². The van der Waals surface area contributed by atoms with Crippen LogP contribution in [0.25, 0.3) is 0 Å². The molecule has 0 aliphatic heterocycles. The van der Waals surface area contributed by atoms with Gasteiger partial charge in [0, 0.05) is 6.20 Å². The van der Waals surface area contributed by atoms with Gasteiger partial charge in [0.05, 0.1) is 25.0 Å². The number of hydrogen-bond donors (Lipinski definition) is 2. The molecule has 0 amide bonds. The van der Waals surface area contributed by atoms with Crippen LogP contribution in [0.15, 0.2) is 29.6 Å². The van der Waals surface area contributed by atoms with Gasteiger partial charge in [-0.2, -0.15) is 15.3 Å². The maximum absolute atomic E-state index is 12.2. The maximum atomic E-state index is 12.2. The molecular formula is C11H13N5O4S. The van der Waals surface area contributed by atoms with Gasteiger partial charge in [0.2, 0.25) is 0 Å². The Labute approximate surface area is 120 Å². The third-order valence-electron chi connectivity index (χ3n) is 2.44. The Morgan fingerprint density at radius 1 is 1.48 bits per heavy atom. The van der Waals surface area contributed by atoms with Crippen molar-refractivity contribution >= 4 is 16.0 Å². The number of nitrogens with one attached hydrogen (secondary N) is 2. The Morgan fingerprint density at radius 3 is 2.95 bits per heavy atom. The molecule has 0 bridgehead atoms. The lowest BCUT2D eigenvalue weighted by Crippen LogP contribution is -2.26. The first kappa shape index (κ1) is 15.1. The number of aromatic amines is 1. The summed E-state index contributed by atoms with van der Waals surface area (Å²) in [5, 5.41) is 12.9. The van der Waals surface area contributed by atoms with Crippen LogP contribution in [0.4, 0.5) is 0 Å². The molecule has 2 heterocycles. The molecule has 0 atom stereocenters. The first-order valence-corrected chi connectivity index (χ1v) is 7.49. The average Bonchev–Trinajstić information content (AvgIpc) is 2.97. The smallest absolute Gasteiger partial charge is 0.342 e. The number of hydrogen-bond acceptors (Lipinski definition) is 7. The van der Waals surface area contributed by atoms with Gasteiger partial charge in [0.15, 0.2) is 5.03 Å². The van der Waals surface area contributed by atoms with E-state index in [-0.39, 0.29) is 23.7 Å². The van der Waals surface area contributed by atoms with E-state index in [4.69, 9.17) is 4.74 Å². The summed E-state index contributed by atoms with van der Waals surface area (Å²) in [5.41, 5.74) is 0.293. The molecule has 2 aromatic rings. The number of esters is 1. The normalized spacial score (nSPS) is 11.3. The third kappa shape index (κ3) is 3.61. The summed E-state index contributed by atoms with van der Waals surface area (Å²) < 4.78 is 31.4. The van der Waals surface area contributed by atoms with Crippen molar-refractivity contribution in [2.75, 3.05) is 6.61 Å². The average molecular weight is 311 g/mol. The van der Waals surface area contributed by atoms with Crippen LogP contribution in [0.2, 0.25) is 0 Å². The largest absolute Gasteiger partial charge is 0.462 e. The summed E-state index contributed by atoms with van der Waals surface area (Å²) in [4.78, 5) is 11.7. The van der Waals surface area contributed by atoms with Crippen LogP contribution in [0.5, 0.6) is 0 Å². The van der Waals surface area contributed by atoms with Crippen LogP contribution in [0, 0.1) is 0 Å².